The summed E-state index contributed by atoms with van der Waals surface area (Å²) in [4.78, 5) is 10.4. The van der Waals surface area contributed by atoms with Crippen molar-refractivity contribution in [3.05, 3.63) is 22.3 Å². The molecule has 7 nitrogen and oxygen atoms in total. The number of nitrogens with one attached hydrogen (secondary N) is 1. The summed E-state index contributed by atoms with van der Waals surface area (Å²) in [5.74, 6) is 0.157. The first kappa shape index (κ1) is 15.6. The first-order valence-corrected chi connectivity index (χ1v) is 6.29. The van der Waals surface area contributed by atoms with Crippen LogP contribution in [0.3, 0.4) is 0 Å². The Bertz CT molecular complexity index is 569. The third-order valence-electron chi connectivity index (χ3n) is 3.55. The van der Waals surface area contributed by atoms with E-state index in [0.717, 1.165) is 12.0 Å². The van der Waals surface area contributed by atoms with Crippen LogP contribution in [0.4, 0.5) is 28.4 Å². The largest absolute Gasteiger partial charge is 0.396 e. The molecule has 1 atom stereocenters. The lowest BCUT2D eigenvalue weighted by molar-refractivity contribution is -0.382. The molecule has 0 aromatic heterocycles. The van der Waals surface area contributed by atoms with Gasteiger partial charge < -0.3 is 22.5 Å². The highest BCUT2D eigenvalue weighted by molar-refractivity contribution is 6.01. The Morgan fingerprint density at radius 3 is 2.30 bits per heavy atom. The van der Waals surface area contributed by atoms with Gasteiger partial charge in [0.25, 0.3) is 0 Å². The first-order chi connectivity index (χ1) is 9.27. The zero-order valence-corrected chi connectivity index (χ0v) is 12.0. The molecule has 7 N–H and O–H groups in total. The monoisotopic (exact) mass is 279 g/mol. The van der Waals surface area contributed by atoms with Crippen molar-refractivity contribution < 1.29 is 4.92 Å². The molecule has 0 saturated carbocycles. The van der Waals surface area contributed by atoms with Crippen LogP contribution in [0.5, 0.6) is 0 Å². The number of hydrogen-bond acceptors (Lipinski definition) is 6. The molecule has 1 aromatic carbocycles. The average molecular weight is 279 g/mol. The standard InChI is InChI=1S/C13H21N5O2/c1-5-6(2)7(3)8-9(14)10(15)13(18(19)20)11(16)12(8)17-4/h6,17H,3,5,14-16H2,1-2,4H3. The topological polar surface area (TPSA) is 133 Å². The first-order valence-electron chi connectivity index (χ1n) is 6.29. The fourth-order valence-corrected chi connectivity index (χ4v) is 2.08. The average Bonchev–Trinajstić information content (AvgIpc) is 2.40. The summed E-state index contributed by atoms with van der Waals surface area (Å²) in [5, 5.41) is 13.9. The maximum atomic E-state index is 11.1. The number of nitro benzene ring substituents is 1. The Balaban J connectivity index is 3.70. The lowest BCUT2D eigenvalue weighted by Crippen LogP contribution is -2.12. The molecule has 0 spiro atoms. The van der Waals surface area contributed by atoms with Gasteiger partial charge in [-0.15, -0.1) is 0 Å². The number of nitrogens with zero attached hydrogens (tertiary/aromatic N) is 1. The predicted octanol–water partition coefficient (Wildman–Crippen LogP) is 2.44. The molecule has 7 heteroatoms. The highest BCUT2D eigenvalue weighted by Crippen LogP contribution is 2.47. The van der Waals surface area contributed by atoms with Crippen LogP contribution in [-0.4, -0.2) is 12.0 Å². The number of rotatable bonds is 5. The van der Waals surface area contributed by atoms with Crippen LogP contribution in [0.25, 0.3) is 5.57 Å². The second-order valence-corrected chi connectivity index (χ2v) is 4.68. The molecule has 0 fully saturated rings. The maximum absolute atomic E-state index is 11.1. The molecule has 0 radical (unpaired) electrons. The van der Waals surface area contributed by atoms with Crippen LogP contribution >= 0.6 is 0 Å². The molecular weight excluding hydrogens is 258 g/mol. The normalized spacial score (nSPS) is 11.9. The molecular formula is C13H21N5O2. The van der Waals surface area contributed by atoms with E-state index in [-0.39, 0.29) is 28.7 Å². The van der Waals surface area contributed by atoms with Crippen molar-refractivity contribution in [2.75, 3.05) is 29.6 Å². The minimum Gasteiger partial charge on any atom is -0.396 e. The molecule has 1 rings (SSSR count). The van der Waals surface area contributed by atoms with E-state index in [2.05, 4.69) is 11.9 Å². The van der Waals surface area contributed by atoms with E-state index in [9.17, 15) is 10.1 Å². The minimum atomic E-state index is -0.627. The number of hydrogen-bond donors (Lipinski definition) is 4. The lowest BCUT2D eigenvalue weighted by atomic mass is 9.89. The summed E-state index contributed by atoms with van der Waals surface area (Å²) < 4.78 is 0. The summed E-state index contributed by atoms with van der Waals surface area (Å²) in [7, 11) is 1.62. The number of anilines is 4. The molecule has 20 heavy (non-hydrogen) atoms. The summed E-state index contributed by atoms with van der Waals surface area (Å²) in [6.45, 7) is 8.03. The Morgan fingerprint density at radius 1 is 1.35 bits per heavy atom. The van der Waals surface area contributed by atoms with Crippen molar-refractivity contribution in [3.8, 4) is 0 Å². The van der Waals surface area contributed by atoms with E-state index in [4.69, 9.17) is 17.2 Å². The van der Waals surface area contributed by atoms with Crippen molar-refractivity contribution in [1.29, 1.82) is 0 Å². The Labute approximate surface area is 118 Å². The van der Waals surface area contributed by atoms with Crippen LogP contribution in [0.15, 0.2) is 6.58 Å². The number of nitrogens with two attached hydrogens (primary N) is 3. The highest BCUT2D eigenvalue weighted by atomic mass is 16.6. The number of nitrogen functional groups attached to an aromatic ring is 3. The Kier molecular flexibility index (Phi) is 4.44. The van der Waals surface area contributed by atoms with Gasteiger partial charge >= 0.3 is 5.69 Å². The molecule has 1 unspecified atom stereocenters. The molecule has 0 aliphatic rings. The van der Waals surface area contributed by atoms with E-state index in [1.165, 1.54) is 0 Å². The zero-order valence-electron chi connectivity index (χ0n) is 12.0. The van der Waals surface area contributed by atoms with Gasteiger partial charge in [0.1, 0.15) is 11.4 Å². The van der Waals surface area contributed by atoms with Crippen LogP contribution < -0.4 is 22.5 Å². The van der Waals surface area contributed by atoms with E-state index in [1.807, 2.05) is 13.8 Å². The van der Waals surface area contributed by atoms with Gasteiger partial charge in [0.05, 0.1) is 16.3 Å². The van der Waals surface area contributed by atoms with Crippen molar-refractivity contribution in [1.82, 2.24) is 0 Å². The summed E-state index contributed by atoms with van der Waals surface area (Å²) in [6, 6.07) is 0. The highest BCUT2D eigenvalue weighted by Gasteiger charge is 2.28. The second-order valence-electron chi connectivity index (χ2n) is 4.68. The van der Waals surface area contributed by atoms with Gasteiger partial charge in [-0.25, -0.2) is 0 Å². The van der Waals surface area contributed by atoms with Gasteiger partial charge in [-0.2, -0.15) is 0 Å². The molecule has 110 valence electrons. The molecule has 0 heterocycles. The lowest BCUT2D eigenvalue weighted by Gasteiger charge is -2.21. The quantitative estimate of drug-likeness (QED) is 0.371. The van der Waals surface area contributed by atoms with E-state index in [1.54, 1.807) is 7.05 Å². The predicted molar refractivity (Wildman–Crippen MR) is 84.4 cm³/mol. The van der Waals surface area contributed by atoms with Crippen molar-refractivity contribution >= 4 is 34.0 Å². The number of nitro groups is 1. The molecule has 0 aliphatic heterocycles. The van der Waals surface area contributed by atoms with Crippen molar-refractivity contribution in [2.45, 2.75) is 20.3 Å². The van der Waals surface area contributed by atoms with Crippen LogP contribution in [0.1, 0.15) is 25.8 Å². The van der Waals surface area contributed by atoms with E-state index < -0.39 is 4.92 Å². The maximum Gasteiger partial charge on any atom is 0.319 e. The molecule has 1 aromatic rings. The number of allylic oxidation sites excluding steroid dienone is 1. The fourth-order valence-electron chi connectivity index (χ4n) is 2.08. The summed E-state index contributed by atoms with van der Waals surface area (Å²) in [5.41, 5.74) is 18.9. The molecule has 0 saturated heterocycles. The zero-order chi connectivity index (χ0) is 15.6. The second kappa shape index (κ2) is 5.68. The summed E-state index contributed by atoms with van der Waals surface area (Å²) in [6.07, 6.45) is 0.859. The van der Waals surface area contributed by atoms with Gasteiger partial charge in [0.2, 0.25) is 0 Å². The summed E-state index contributed by atoms with van der Waals surface area (Å²) >= 11 is 0. The van der Waals surface area contributed by atoms with E-state index in [0.29, 0.717) is 11.3 Å². The van der Waals surface area contributed by atoms with Gasteiger partial charge in [-0.1, -0.05) is 20.4 Å². The van der Waals surface area contributed by atoms with Gasteiger partial charge in [0, 0.05) is 12.6 Å². The SMILES string of the molecule is C=C(c1c(N)c(N)c([N+](=O)[O-])c(N)c1NC)C(C)CC. The third-order valence-corrected chi connectivity index (χ3v) is 3.55. The Hall–Kier alpha value is -2.44. The van der Waals surface area contributed by atoms with Crippen LogP contribution in [0.2, 0.25) is 0 Å². The van der Waals surface area contributed by atoms with E-state index >= 15 is 0 Å². The third kappa shape index (κ3) is 2.34. The van der Waals surface area contributed by atoms with Crippen molar-refractivity contribution in [3.63, 3.8) is 0 Å². The van der Waals surface area contributed by atoms with Crippen molar-refractivity contribution in [2.24, 2.45) is 5.92 Å². The minimum absolute atomic E-state index is 0.0244. The number of benzene rings is 1. The molecule has 0 aliphatic carbocycles. The van der Waals surface area contributed by atoms with Gasteiger partial charge in [0.15, 0.2) is 0 Å². The van der Waals surface area contributed by atoms with Gasteiger partial charge in [-0.05, 0) is 17.9 Å². The van der Waals surface area contributed by atoms with Gasteiger partial charge in [-0.3, -0.25) is 10.1 Å². The van der Waals surface area contributed by atoms with Crippen LogP contribution in [0, 0.1) is 16.0 Å². The molecule has 0 bridgehead atoms. The molecule has 0 amide bonds. The Morgan fingerprint density at radius 2 is 1.90 bits per heavy atom. The fraction of sp³-hybridized carbons (Fsp3) is 0.385. The van der Waals surface area contributed by atoms with Crippen LogP contribution in [-0.2, 0) is 0 Å². The smallest absolute Gasteiger partial charge is 0.319 e.